The van der Waals surface area contributed by atoms with Gasteiger partial charge in [0, 0.05) is 71.4 Å². The van der Waals surface area contributed by atoms with Crippen molar-refractivity contribution in [3.05, 3.63) is 80.9 Å². The Hall–Kier alpha value is -6.17. The summed E-state index contributed by atoms with van der Waals surface area (Å²) in [4.78, 5) is 60.0. The Morgan fingerprint density at radius 3 is 2.36 bits per heavy atom. The second kappa shape index (κ2) is 12.7. The number of ether oxygens (including phenoxy) is 5. The van der Waals surface area contributed by atoms with Crippen LogP contribution in [0.3, 0.4) is 0 Å². The highest BCUT2D eigenvalue weighted by Gasteiger charge is 2.58. The van der Waals surface area contributed by atoms with E-state index in [1.54, 1.807) is 31.2 Å². The smallest absolute Gasteiger partial charge is 0.308 e. The molecule has 14 nitrogen and oxygen atoms in total. The van der Waals surface area contributed by atoms with Crippen LogP contribution < -0.4 is 29.4 Å². The Bertz CT molecular complexity index is 2510. The molecule has 4 aromatic carbocycles. The van der Waals surface area contributed by atoms with Crippen LogP contribution in [0.2, 0.25) is 0 Å². The van der Waals surface area contributed by atoms with Crippen LogP contribution in [-0.4, -0.2) is 84.1 Å². The van der Waals surface area contributed by atoms with Crippen molar-refractivity contribution in [3.63, 3.8) is 0 Å². The standard InChI is InChI=1S/C42H39N5O9/c1-18-10-23-12-28-30(15-43)47-29(35(45(28)5)33(23)40(36(18)52-6)56-21(4)49)14-26-34(39-38(53-17-54-39)19(2)37(26)55-20(3)48)31(47)16-46-41(50)25-9-7-8-22-11-24(44)13-27(32(22)25)42(46)51/h7-11,13,28-31,35H,12,14,16-17,44H2,1-6H3/t28?,29?,30?,31-,35?/m0/s1. The number of fused-ring (bicyclic) bond motifs is 9. The number of benzene rings is 4. The van der Waals surface area contributed by atoms with E-state index in [4.69, 9.17) is 29.4 Å². The minimum Gasteiger partial charge on any atom is -0.493 e. The first-order chi connectivity index (χ1) is 26.8. The number of anilines is 1. The minimum absolute atomic E-state index is 0.105. The molecule has 5 aliphatic heterocycles. The van der Waals surface area contributed by atoms with Crippen LogP contribution in [0.5, 0.6) is 28.7 Å². The number of amides is 2. The van der Waals surface area contributed by atoms with Crippen LogP contribution in [0.15, 0.2) is 36.4 Å². The summed E-state index contributed by atoms with van der Waals surface area (Å²) >= 11 is 0. The zero-order valence-electron chi connectivity index (χ0n) is 31.7. The van der Waals surface area contributed by atoms with Gasteiger partial charge >= 0.3 is 11.9 Å². The van der Waals surface area contributed by atoms with Gasteiger partial charge in [0.1, 0.15) is 11.8 Å². The van der Waals surface area contributed by atoms with Crippen molar-refractivity contribution < 1.29 is 42.9 Å². The van der Waals surface area contributed by atoms with Crippen molar-refractivity contribution >= 4 is 40.2 Å². The number of carbonyl (C=O) groups is 4. The molecule has 4 unspecified atom stereocenters. The predicted molar refractivity (Wildman–Crippen MR) is 201 cm³/mol. The van der Waals surface area contributed by atoms with Crippen molar-refractivity contribution in [2.45, 2.75) is 70.7 Å². The number of piperazine rings is 1. The summed E-state index contributed by atoms with van der Waals surface area (Å²) in [6.07, 6.45) is 0.685. The van der Waals surface area contributed by atoms with E-state index in [-0.39, 0.29) is 31.5 Å². The quantitative estimate of drug-likeness (QED) is 0.129. The van der Waals surface area contributed by atoms with Crippen LogP contribution >= 0.6 is 0 Å². The third-order valence-corrected chi connectivity index (χ3v) is 12.0. The van der Waals surface area contributed by atoms with Gasteiger partial charge < -0.3 is 29.4 Å². The van der Waals surface area contributed by atoms with Gasteiger partial charge in [-0.2, -0.15) is 5.26 Å². The lowest BCUT2D eigenvalue weighted by molar-refractivity contribution is -0.133. The number of carbonyl (C=O) groups excluding carboxylic acids is 4. The summed E-state index contributed by atoms with van der Waals surface area (Å²) < 4.78 is 30.0. The second-order valence-corrected chi connectivity index (χ2v) is 15.1. The molecular formula is C42H39N5O9. The summed E-state index contributed by atoms with van der Waals surface area (Å²) in [6.45, 7) is 6.04. The molecule has 0 radical (unpaired) electrons. The lowest BCUT2D eigenvalue weighted by atomic mass is 9.71. The van der Waals surface area contributed by atoms with Crippen LogP contribution in [-0.2, 0) is 22.4 Å². The van der Waals surface area contributed by atoms with Crippen molar-refractivity contribution in [1.29, 1.82) is 5.26 Å². The van der Waals surface area contributed by atoms with Crippen molar-refractivity contribution in [3.8, 4) is 34.8 Å². The topological polar surface area (TPSA) is 174 Å². The fraction of sp³-hybridized carbons (Fsp3) is 0.357. The molecule has 286 valence electrons. The van der Waals surface area contributed by atoms with Gasteiger partial charge in [0.25, 0.3) is 11.8 Å². The molecule has 5 atom stereocenters. The summed E-state index contributed by atoms with van der Waals surface area (Å²) in [5.41, 5.74) is 11.5. The molecule has 0 aromatic heterocycles. The number of hydrogen-bond donors (Lipinski definition) is 1. The van der Waals surface area contributed by atoms with Crippen LogP contribution in [0.25, 0.3) is 10.8 Å². The maximum atomic E-state index is 14.6. The monoisotopic (exact) mass is 757 g/mol. The third-order valence-electron chi connectivity index (χ3n) is 12.0. The van der Waals surface area contributed by atoms with Gasteiger partial charge in [-0.05, 0) is 68.4 Å². The first-order valence-electron chi connectivity index (χ1n) is 18.4. The molecule has 5 heterocycles. The van der Waals surface area contributed by atoms with E-state index >= 15 is 0 Å². The molecule has 0 spiro atoms. The second-order valence-electron chi connectivity index (χ2n) is 15.1. The average molecular weight is 758 g/mol. The number of esters is 2. The van der Waals surface area contributed by atoms with E-state index in [2.05, 4.69) is 15.9 Å². The molecule has 1 saturated heterocycles. The normalized spacial score (nSPS) is 23.2. The highest BCUT2D eigenvalue weighted by atomic mass is 16.7. The Balaban J connectivity index is 1.30. The molecule has 56 heavy (non-hydrogen) atoms. The lowest BCUT2D eigenvalue weighted by Crippen LogP contribution is -2.69. The van der Waals surface area contributed by atoms with Gasteiger partial charge in [-0.3, -0.25) is 33.9 Å². The number of methoxy groups -OCH3 is 1. The number of imide groups is 1. The molecule has 2 bridgehead atoms. The average Bonchev–Trinajstić information content (AvgIpc) is 3.64. The zero-order chi connectivity index (χ0) is 39.5. The number of nitrogens with zero attached hydrogens (tertiary/aromatic N) is 4. The number of nitrogens with two attached hydrogens (primary N) is 1. The first kappa shape index (κ1) is 35.5. The van der Waals surface area contributed by atoms with E-state index < -0.39 is 47.9 Å². The fourth-order valence-electron chi connectivity index (χ4n) is 10.0. The minimum atomic E-state index is -0.849. The molecule has 2 amide bonds. The Labute approximate surface area is 322 Å². The highest BCUT2D eigenvalue weighted by molar-refractivity contribution is 6.26. The van der Waals surface area contributed by atoms with Gasteiger partial charge in [-0.1, -0.05) is 18.2 Å². The van der Waals surface area contributed by atoms with E-state index in [1.807, 2.05) is 26.1 Å². The number of aryl methyl sites for hydroxylation is 1. The number of nitriles is 1. The highest BCUT2D eigenvalue weighted by Crippen LogP contribution is 2.59. The molecule has 14 heteroatoms. The fourth-order valence-corrected chi connectivity index (χ4v) is 10.0. The molecule has 5 aliphatic rings. The summed E-state index contributed by atoms with van der Waals surface area (Å²) in [7, 11) is 3.48. The molecule has 2 N–H and O–H groups in total. The third kappa shape index (κ3) is 4.93. The number of nitrogen functional groups attached to an aromatic ring is 1. The van der Waals surface area contributed by atoms with E-state index in [1.165, 1.54) is 25.9 Å². The summed E-state index contributed by atoms with van der Waals surface area (Å²) in [5, 5.41) is 12.4. The molecule has 0 saturated carbocycles. The Morgan fingerprint density at radius 1 is 0.929 bits per heavy atom. The van der Waals surface area contributed by atoms with E-state index in [9.17, 15) is 24.4 Å². The lowest BCUT2D eigenvalue weighted by Gasteiger charge is -2.60. The maximum absolute atomic E-state index is 14.6. The molecule has 4 aromatic rings. The van der Waals surface area contributed by atoms with Crippen LogP contribution in [0.1, 0.15) is 80.0 Å². The molecule has 0 aliphatic carbocycles. The Morgan fingerprint density at radius 2 is 1.64 bits per heavy atom. The SMILES string of the molecule is COc1c(C)cc2c(c1OC(C)=O)C1C3Cc4c(OC(C)=O)c(C)c5c(c4[C@H](CN4C(=O)c6cccc7cc(N)cc(c67)C4=O)N3C(C#N)C(C2)N1C)OCO5. The van der Waals surface area contributed by atoms with Gasteiger partial charge in [-0.15, -0.1) is 0 Å². The first-order valence-corrected chi connectivity index (χ1v) is 18.4. The number of rotatable bonds is 5. The Kier molecular flexibility index (Phi) is 8.05. The molecule has 9 rings (SSSR count). The van der Waals surface area contributed by atoms with Crippen molar-refractivity contribution in [2.75, 3.05) is 33.2 Å². The van der Waals surface area contributed by atoms with Crippen molar-refractivity contribution in [1.82, 2.24) is 14.7 Å². The van der Waals surface area contributed by atoms with Crippen LogP contribution in [0.4, 0.5) is 5.69 Å². The largest absolute Gasteiger partial charge is 0.493 e. The van der Waals surface area contributed by atoms with Gasteiger partial charge in [0.15, 0.2) is 23.0 Å². The van der Waals surface area contributed by atoms with E-state index in [0.717, 1.165) is 16.7 Å². The number of hydrogen-bond acceptors (Lipinski definition) is 13. The maximum Gasteiger partial charge on any atom is 0.308 e. The number of likely N-dealkylation sites (N-methyl/N-ethyl adjacent to an activating group) is 1. The van der Waals surface area contributed by atoms with E-state index in [0.29, 0.717) is 73.7 Å². The predicted octanol–water partition coefficient (Wildman–Crippen LogP) is 4.69. The summed E-state index contributed by atoms with van der Waals surface area (Å²) in [6, 6.07) is 10.2. The summed E-state index contributed by atoms with van der Waals surface area (Å²) in [5.74, 6) is -0.293. The zero-order valence-corrected chi connectivity index (χ0v) is 31.7. The van der Waals surface area contributed by atoms with Gasteiger partial charge in [-0.25, -0.2) is 0 Å². The van der Waals surface area contributed by atoms with Crippen molar-refractivity contribution in [2.24, 2.45) is 0 Å². The molecular weight excluding hydrogens is 718 g/mol. The molecule has 1 fully saturated rings. The van der Waals surface area contributed by atoms with Crippen LogP contribution in [0, 0.1) is 25.2 Å². The van der Waals surface area contributed by atoms with Gasteiger partial charge in [0.2, 0.25) is 6.79 Å². The van der Waals surface area contributed by atoms with Gasteiger partial charge in [0.05, 0.1) is 30.8 Å².